The summed E-state index contributed by atoms with van der Waals surface area (Å²) in [7, 11) is 1.42. The van der Waals surface area contributed by atoms with Gasteiger partial charge in [-0.25, -0.2) is 4.98 Å². The van der Waals surface area contributed by atoms with Gasteiger partial charge in [-0.2, -0.15) is 13.2 Å². The average Bonchev–Trinajstić information content (AvgIpc) is 2.83. The molecule has 5 nitrogen and oxygen atoms in total. The summed E-state index contributed by atoms with van der Waals surface area (Å²) in [5.74, 6) is 0.274. The van der Waals surface area contributed by atoms with E-state index >= 15 is 0 Å². The molecule has 2 aromatic rings. The van der Waals surface area contributed by atoms with Gasteiger partial charge >= 0.3 is 6.18 Å². The van der Waals surface area contributed by atoms with Crippen LogP contribution in [0.4, 0.5) is 13.2 Å². The number of ether oxygens (including phenoxy) is 1. The normalized spacial score (nSPS) is 11.6. The van der Waals surface area contributed by atoms with Crippen LogP contribution in [0.15, 0.2) is 12.1 Å². The van der Waals surface area contributed by atoms with Crippen molar-refractivity contribution >= 4 is 11.3 Å². The summed E-state index contributed by atoms with van der Waals surface area (Å²) < 4.78 is 43.0. The van der Waals surface area contributed by atoms with Gasteiger partial charge < -0.3 is 10.5 Å². The van der Waals surface area contributed by atoms with Gasteiger partial charge in [0.1, 0.15) is 10.7 Å². The number of nitrogens with zero attached hydrogens (tertiary/aromatic N) is 3. The van der Waals surface area contributed by atoms with Crippen LogP contribution in [-0.4, -0.2) is 22.3 Å². The van der Waals surface area contributed by atoms with Crippen LogP contribution in [0.2, 0.25) is 0 Å². The van der Waals surface area contributed by atoms with Crippen molar-refractivity contribution in [2.24, 2.45) is 5.73 Å². The third kappa shape index (κ3) is 2.82. The Morgan fingerprint density at radius 1 is 1.32 bits per heavy atom. The molecule has 0 aliphatic rings. The second-order valence-electron chi connectivity index (χ2n) is 3.45. The maximum atomic E-state index is 12.7. The third-order valence-corrected chi connectivity index (χ3v) is 3.32. The molecule has 0 saturated heterocycles. The van der Waals surface area contributed by atoms with Crippen molar-refractivity contribution in [2.45, 2.75) is 12.7 Å². The first-order valence-corrected chi connectivity index (χ1v) is 5.92. The van der Waals surface area contributed by atoms with E-state index in [1.807, 2.05) is 0 Å². The van der Waals surface area contributed by atoms with Crippen molar-refractivity contribution in [3.05, 3.63) is 22.7 Å². The van der Waals surface area contributed by atoms with Gasteiger partial charge in [-0.1, -0.05) is 0 Å². The lowest BCUT2D eigenvalue weighted by Gasteiger charge is -2.03. The number of hydrogen-bond donors (Lipinski definition) is 1. The molecule has 2 heterocycles. The second-order valence-corrected chi connectivity index (χ2v) is 4.54. The van der Waals surface area contributed by atoms with Crippen LogP contribution in [0.3, 0.4) is 0 Å². The lowest BCUT2D eigenvalue weighted by molar-refractivity contribution is -0.141. The Hall–Kier alpha value is -1.74. The van der Waals surface area contributed by atoms with Crippen molar-refractivity contribution in [2.75, 3.05) is 7.11 Å². The van der Waals surface area contributed by atoms with E-state index in [4.69, 9.17) is 10.5 Å². The highest BCUT2D eigenvalue weighted by Crippen LogP contribution is 2.36. The van der Waals surface area contributed by atoms with E-state index in [0.717, 1.165) is 11.3 Å². The highest BCUT2D eigenvalue weighted by Gasteiger charge is 2.37. The summed E-state index contributed by atoms with van der Waals surface area (Å²) in [4.78, 5) is 3.52. The standard InChI is InChI=1S/C10H9F3N4OS/c1-18-7-3-2-5(16-17-7)9-15-8(10(11,12)13)6(4-14)19-9/h2-3H,4,14H2,1H3. The largest absolute Gasteiger partial charge is 0.480 e. The first-order valence-electron chi connectivity index (χ1n) is 5.10. The summed E-state index contributed by atoms with van der Waals surface area (Å²) in [5, 5.41) is 7.57. The van der Waals surface area contributed by atoms with Gasteiger partial charge in [-0.3, -0.25) is 0 Å². The number of halogens is 3. The average molecular weight is 290 g/mol. The van der Waals surface area contributed by atoms with Gasteiger partial charge in [-0.05, 0) is 6.07 Å². The summed E-state index contributed by atoms with van der Waals surface area (Å²) in [6, 6.07) is 2.99. The van der Waals surface area contributed by atoms with E-state index < -0.39 is 11.9 Å². The zero-order chi connectivity index (χ0) is 14.0. The molecule has 0 aliphatic heterocycles. The summed E-state index contributed by atoms with van der Waals surface area (Å²) in [6.45, 7) is -0.226. The number of aromatic nitrogens is 3. The molecule has 0 unspecified atom stereocenters. The molecule has 0 saturated carbocycles. The second kappa shape index (κ2) is 5.10. The van der Waals surface area contributed by atoms with E-state index in [2.05, 4.69) is 15.2 Å². The maximum absolute atomic E-state index is 12.7. The number of methoxy groups -OCH3 is 1. The van der Waals surface area contributed by atoms with Crippen LogP contribution in [0, 0.1) is 0 Å². The van der Waals surface area contributed by atoms with Gasteiger partial charge in [0.2, 0.25) is 5.88 Å². The number of alkyl halides is 3. The first kappa shape index (κ1) is 13.7. The van der Waals surface area contributed by atoms with Crippen molar-refractivity contribution in [1.29, 1.82) is 0 Å². The fourth-order valence-corrected chi connectivity index (χ4v) is 2.29. The molecule has 2 aromatic heterocycles. The van der Waals surface area contributed by atoms with Crippen molar-refractivity contribution in [1.82, 2.24) is 15.2 Å². The molecule has 102 valence electrons. The molecule has 0 atom stereocenters. The van der Waals surface area contributed by atoms with E-state index in [-0.39, 0.29) is 28.0 Å². The lowest BCUT2D eigenvalue weighted by atomic mass is 10.3. The van der Waals surface area contributed by atoms with Crippen LogP contribution in [0.1, 0.15) is 10.6 Å². The smallest absolute Gasteiger partial charge is 0.434 e. The lowest BCUT2D eigenvalue weighted by Crippen LogP contribution is -2.10. The zero-order valence-corrected chi connectivity index (χ0v) is 10.5. The van der Waals surface area contributed by atoms with Crippen LogP contribution in [0.25, 0.3) is 10.7 Å². The predicted molar refractivity (Wildman–Crippen MR) is 62.6 cm³/mol. The Morgan fingerprint density at radius 3 is 2.47 bits per heavy atom. The summed E-state index contributed by atoms with van der Waals surface area (Å²) in [5.41, 5.74) is 4.58. The van der Waals surface area contributed by atoms with Crippen molar-refractivity contribution in [3.8, 4) is 16.6 Å². The number of rotatable bonds is 3. The number of nitrogens with two attached hydrogens (primary N) is 1. The predicted octanol–water partition coefficient (Wildman–Crippen LogP) is 2.09. The Morgan fingerprint density at radius 2 is 2.05 bits per heavy atom. The zero-order valence-electron chi connectivity index (χ0n) is 9.73. The Kier molecular flexibility index (Phi) is 3.67. The molecular formula is C10H9F3N4OS. The maximum Gasteiger partial charge on any atom is 0.434 e. The van der Waals surface area contributed by atoms with E-state index in [9.17, 15) is 13.2 Å². The number of hydrogen-bond acceptors (Lipinski definition) is 6. The minimum Gasteiger partial charge on any atom is -0.480 e. The molecule has 9 heteroatoms. The molecule has 0 aromatic carbocycles. The Balaban J connectivity index is 2.42. The minimum atomic E-state index is -4.52. The van der Waals surface area contributed by atoms with Crippen LogP contribution in [0.5, 0.6) is 5.88 Å². The monoisotopic (exact) mass is 290 g/mol. The molecule has 2 rings (SSSR count). The van der Waals surface area contributed by atoms with E-state index in [0.29, 0.717) is 0 Å². The summed E-state index contributed by atoms with van der Waals surface area (Å²) in [6.07, 6.45) is -4.52. The van der Waals surface area contributed by atoms with Crippen LogP contribution in [-0.2, 0) is 12.7 Å². The highest BCUT2D eigenvalue weighted by molar-refractivity contribution is 7.15. The van der Waals surface area contributed by atoms with Crippen molar-refractivity contribution in [3.63, 3.8) is 0 Å². The molecule has 2 N–H and O–H groups in total. The van der Waals surface area contributed by atoms with Gasteiger partial charge in [0.15, 0.2) is 5.69 Å². The van der Waals surface area contributed by atoms with Crippen LogP contribution >= 0.6 is 11.3 Å². The van der Waals surface area contributed by atoms with Crippen LogP contribution < -0.4 is 10.5 Å². The summed E-state index contributed by atoms with van der Waals surface area (Å²) >= 11 is 0.853. The van der Waals surface area contributed by atoms with Gasteiger partial charge in [0.05, 0.1) is 12.0 Å². The van der Waals surface area contributed by atoms with E-state index in [1.54, 1.807) is 0 Å². The van der Waals surface area contributed by atoms with Crippen molar-refractivity contribution < 1.29 is 17.9 Å². The quantitative estimate of drug-likeness (QED) is 0.937. The van der Waals surface area contributed by atoms with Gasteiger partial charge in [0.25, 0.3) is 0 Å². The highest BCUT2D eigenvalue weighted by atomic mass is 32.1. The molecule has 0 bridgehead atoms. The third-order valence-electron chi connectivity index (χ3n) is 2.22. The molecule has 0 fully saturated rings. The van der Waals surface area contributed by atoms with Gasteiger partial charge in [0, 0.05) is 12.6 Å². The molecule has 0 aliphatic carbocycles. The fraction of sp³-hybridized carbons (Fsp3) is 0.300. The Bertz CT molecular complexity index is 567. The first-order chi connectivity index (χ1) is 8.95. The molecular weight excluding hydrogens is 281 g/mol. The van der Waals surface area contributed by atoms with Gasteiger partial charge in [-0.15, -0.1) is 21.5 Å². The topological polar surface area (TPSA) is 73.9 Å². The van der Waals surface area contributed by atoms with E-state index in [1.165, 1.54) is 19.2 Å². The molecule has 0 radical (unpaired) electrons. The molecule has 0 amide bonds. The minimum absolute atomic E-state index is 0.0277. The SMILES string of the molecule is COc1ccc(-c2nc(C(F)(F)F)c(CN)s2)nn1. The number of thiazole rings is 1. The fourth-order valence-electron chi connectivity index (χ4n) is 1.36. The molecule has 0 spiro atoms. The molecule has 19 heavy (non-hydrogen) atoms. The Labute approximate surface area is 110 Å².